The molecule has 2 heteroatoms. The van der Waals surface area contributed by atoms with Gasteiger partial charge in [0.1, 0.15) is 0 Å². The van der Waals surface area contributed by atoms with Crippen LogP contribution in [0, 0.1) is 11.8 Å². The van der Waals surface area contributed by atoms with Crippen molar-refractivity contribution in [3.8, 4) is 0 Å². The number of hydrogen-bond donors (Lipinski definition) is 2. The molecule has 0 saturated heterocycles. The van der Waals surface area contributed by atoms with Crippen LogP contribution in [0.25, 0.3) is 0 Å². The van der Waals surface area contributed by atoms with Crippen molar-refractivity contribution < 1.29 is 5.11 Å². The lowest BCUT2D eigenvalue weighted by Crippen LogP contribution is -2.51. The van der Waals surface area contributed by atoms with Crippen molar-refractivity contribution in [3.05, 3.63) is 0 Å². The Labute approximate surface area is 107 Å². The summed E-state index contributed by atoms with van der Waals surface area (Å²) in [5.41, 5.74) is -0.000926. The van der Waals surface area contributed by atoms with Crippen molar-refractivity contribution in [2.75, 3.05) is 6.61 Å². The van der Waals surface area contributed by atoms with Gasteiger partial charge in [-0.05, 0) is 44.4 Å². The van der Waals surface area contributed by atoms with Gasteiger partial charge in [-0.2, -0.15) is 0 Å². The lowest BCUT2D eigenvalue weighted by atomic mass is 9.86. The molecule has 0 spiro atoms. The van der Waals surface area contributed by atoms with Crippen LogP contribution in [0.1, 0.15) is 66.2 Å². The van der Waals surface area contributed by atoms with Crippen molar-refractivity contribution in [2.24, 2.45) is 11.8 Å². The van der Waals surface area contributed by atoms with Crippen LogP contribution in [0.5, 0.6) is 0 Å². The molecule has 2 nitrogen and oxygen atoms in total. The molecule has 102 valence electrons. The number of aliphatic hydroxyl groups excluding tert-OH is 1. The Balaban J connectivity index is 2.61. The molecule has 0 aromatic rings. The van der Waals surface area contributed by atoms with Gasteiger partial charge in [-0.1, -0.05) is 33.6 Å². The van der Waals surface area contributed by atoms with Crippen LogP contribution in [0.3, 0.4) is 0 Å². The van der Waals surface area contributed by atoms with Crippen LogP contribution in [-0.2, 0) is 0 Å². The maximum atomic E-state index is 9.77. The summed E-state index contributed by atoms with van der Waals surface area (Å²) >= 11 is 0. The zero-order valence-corrected chi connectivity index (χ0v) is 12.1. The van der Waals surface area contributed by atoms with Crippen LogP contribution >= 0.6 is 0 Å². The Kier molecular flexibility index (Phi) is 5.94. The molecule has 0 aliphatic heterocycles. The first-order chi connectivity index (χ1) is 8.03. The standard InChI is InChI=1S/C15H31NO/c1-5-13(4)16-15(11-17)9-6-7-14(8-10-15)12(2)3/h12-14,16-17H,5-11H2,1-4H3. The van der Waals surface area contributed by atoms with Gasteiger partial charge in [0.05, 0.1) is 6.61 Å². The Bertz CT molecular complexity index is 217. The molecule has 17 heavy (non-hydrogen) atoms. The fourth-order valence-corrected chi connectivity index (χ4v) is 3.07. The third-order valence-corrected chi connectivity index (χ3v) is 4.63. The third-order valence-electron chi connectivity index (χ3n) is 4.63. The summed E-state index contributed by atoms with van der Waals surface area (Å²) < 4.78 is 0. The zero-order chi connectivity index (χ0) is 12.9. The second kappa shape index (κ2) is 6.75. The first kappa shape index (κ1) is 15.0. The molecule has 1 aliphatic rings. The number of nitrogens with one attached hydrogen (secondary N) is 1. The largest absolute Gasteiger partial charge is 0.394 e. The highest BCUT2D eigenvalue weighted by Crippen LogP contribution is 2.34. The number of rotatable bonds is 5. The van der Waals surface area contributed by atoms with Gasteiger partial charge in [-0.3, -0.25) is 0 Å². The van der Waals surface area contributed by atoms with Crippen molar-refractivity contribution in [3.63, 3.8) is 0 Å². The maximum Gasteiger partial charge on any atom is 0.0613 e. The fourth-order valence-electron chi connectivity index (χ4n) is 3.07. The fraction of sp³-hybridized carbons (Fsp3) is 1.00. The van der Waals surface area contributed by atoms with E-state index in [2.05, 4.69) is 33.0 Å². The predicted molar refractivity (Wildman–Crippen MR) is 74.1 cm³/mol. The highest BCUT2D eigenvalue weighted by molar-refractivity contribution is 4.92. The highest BCUT2D eigenvalue weighted by atomic mass is 16.3. The molecule has 1 fully saturated rings. The van der Waals surface area contributed by atoms with E-state index < -0.39 is 0 Å². The smallest absolute Gasteiger partial charge is 0.0613 e. The monoisotopic (exact) mass is 241 g/mol. The summed E-state index contributed by atoms with van der Waals surface area (Å²) in [6, 6.07) is 0.512. The third kappa shape index (κ3) is 4.26. The lowest BCUT2D eigenvalue weighted by molar-refractivity contribution is 0.130. The van der Waals surface area contributed by atoms with Crippen LogP contribution in [-0.4, -0.2) is 23.3 Å². The van der Waals surface area contributed by atoms with Gasteiger partial charge >= 0.3 is 0 Å². The summed E-state index contributed by atoms with van der Waals surface area (Å²) in [5, 5.41) is 13.5. The predicted octanol–water partition coefficient (Wildman–Crippen LogP) is 3.34. The van der Waals surface area contributed by atoms with Gasteiger partial charge in [0, 0.05) is 11.6 Å². The highest BCUT2D eigenvalue weighted by Gasteiger charge is 2.33. The molecule has 1 saturated carbocycles. The summed E-state index contributed by atoms with van der Waals surface area (Å²) in [6.45, 7) is 9.39. The molecule has 2 N–H and O–H groups in total. The summed E-state index contributed by atoms with van der Waals surface area (Å²) in [5.74, 6) is 1.63. The van der Waals surface area contributed by atoms with E-state index >= 15 is 0 Å². The van der Waals surface area contributed by atoms with E-state index in [9.17, 15) is 5.11 Å². The Morgan fingerprint density at radius 1 is 1.24 bits per heavy atom. The van der Waals surface area contributed by atoms with E-state index in [1.807, 2.05) is 0 Å². The van der Waals surface area contributed by atoms with Crippen molar-refractivity contribution in [2.45, 2.75) is 77.8 Å². The van der Waals surface area contributed by atoms with Gasteiger partial charge < -0.3 is 10.4 Å². The normalized spacial score (nSPS) is 32.5. The van der Waals surface area contributed by atoms with Gasteiger partial charge in [0.2, 0.25) is 0 Å². The molecular formula is C15H31NO. The minimum Gasteiger partial charge on any atom is -0.394 e. The minimum atomic E-state index is -0.000926. The van der Waals surface area contributed by atoms with Crippen molar-refractivity contribution >= 4 is 0 Å². The quantitative estimate of drug-likeness (QED) is 0.724. The van der Waals surface area contributed by atoms with Crippen LogP contribution < -0.4 is 5.32 Å². The topological polar surface area (TPSA) is 32.3 Å². The molecule has 0 radical (unpaired) electrons. The lowest BCUT2D eigenvalue weighted by Gasteiger charge is -2.35. The average Bonchev–Trinajstić information content (AvgIpc) is 2.52. The first-order valence-electron chi connectivity index (χ1n) is 7.41. The second-order valence-electron chi connectivity index (χ2n) is 6.33. The second-order valence-corrected chi connectivity index (χ2v) is 6.33. The molecule has 0 aromatic heterocycles. The minimum absolute atomic E-state index is 0.000926. The number of aliphatic hydroxyl groups is 1. The van der Waals surface area contributed by atoms with E-state index in [1.54, 1.807) is 0 Å². The van der Waals surface area contributed by atoms with Crippen LogP contribution in [0.2, 0.25) is 0 Å². The summed E-state index contributed by atoms with van der Waals surface area (Å²) in [6.07, 6.45) is 7.26. The average molecular weight is 241 g/mol. The van der Waals surface area contributed by atoms with E-state index in [0.717, 1.165) is 31.1 Å². The van der Waals surface area contributed by atoms with Gasteiger partial charge in [0.15, 0.2) is 0 Å². The van der Waals surface area contributed by atoms with E-state index in [1.165, 1.54) is 19.3 Å². The molecule has 0 heterocycles. The Hall–Kier alpha value is -0.0800. The Morgan fingerprint density at radius 3 is 2.47 bits per heavy atom. The van der Waals surface area contributed by atoms with Gasteiger partial charge in [0.25, 0.3) is 0 Å². The Morgan fingerprint density at radius 2 is 1.94 bits per heavy atom. The molecule has 0 amide bonds. The molecule has 1 aliphatic carbocycles. The first-order valence-corrected chi connectivity index (χ1v) is 7.41. The summed E-state index contributed by atoms with van der Waals surface area (Å²) in [4.78, 5) is 0. The van der Waals surface area contributed by atoms with Crippen LogP contribution in [0.4, 0.5) is 0 Å². The molecular weight excluding hydrogens is 210 g/mol. The number of hydrogen-bond acceptors (Lipinski definition) is 2. The van der Waals surface area contributed by atoms with E-state index in [-0.39, 0.29) is 5.54 Å². The van der Waals surface area contributed by atoms with E-state index in [0.29, 0.717) is 12.6 Å². The molecule has 1 rings (SSSR count). The van der Waals surface area contributed by atoms with Crippen LogP contribution in [0.15, 0.2) is 0 Å². The zero-order valence-electron chi connectivity index (χ0n) is 12.1. The van der Waals surface area contributed by atoms with Gasteiger partial charge in [-0.15, -0.1) is 0 Å². The molecule has 3 atom stereocenters. The van der Waals surface area contributed by atoms with E-state index in [4.69, 9.17) is 0 Å². The molecule has 0 aromatic carbocycles. The maximum absolute atomic E-state index is 9.77. The van der Waals surface area contributed by atoms with Crippen molar-refractivity contribution in [1.29, 1.82) is 0 Å². The molecule has 3 unspecified atom stereocenters. The summed E-state index contributed by atoms with van der Waals surface area (Å²) in [7, 11) is 0. The van der Waals surface area contributed by atoms with Gasteiger partial charge in [-0.25, -0.2) is 0 Å². The van der Waals surface area contributed by atoms with Crippen molar-refractivity contribution in [1.82, 2.24) is 5.32 Å². The SMILES string of the molecule is CCC(C)NC1(CO)CCCC(C(C)C)CC1. The molecule has 0 bridgehead atoms.